The molecule has 0 radical (unpaired) electrons. The van der Waals surface area contributed by atoms with Crippen molar-refractivity contribution in [2.24, 2.45) is 0 Å². The molecule has 0 amide bonds. The van der Waals surface area contributed by atoms with Gasteiger partial charge in [-0.3, -0.25) is 0 Å². The zero-order valence-corrected chi connectivity index (χ0v) is 7.50. The predicted octanol–water partition coefficient (Wildman–Crippen LogP) is 1.50. The van der Waals surface area contributed by atoms with Gasteiger partial charge >= 0.3 is 6.09 Å². The van der Waals surface area contributed by atoms with Crippen molar-refractivity contribution < 1.29 is 9.53 Å². The van der Waals surface area contributed by atoms with Gasteiger partial charge in [0.1, 0.15) is 0 Å². The zero-order valence-electron chi connectivity index (χ0n) is 7.50. The number of hydrogen-bond donors (Lipinski definition) is 0. The van der Waals surface area contributed by atoms with Crippen molar-refractivity contribution in [1.29, 1.82) is 0 Å². The molecule has 0 N–H and O–H groups in total. The Morgan fingerprint density at radius 1 is 1.67 bits per heavy atom. The van der Waals surface area contributed by atoms with Gasteiger partial charge in [0.25, 0.3) is 0 Å². The van der Waals surface area contributed by atoms with Gasteiger partial charge in [0.15, 0.2) is 0 Å². The average Bonchev–Trinajstić information content (AvgIpc) is 2.30. The Balaban J connectivity index is 2.87. The Kier molecular flexibility index (Phi) is 2.47. The van der Waals surface area contributed by atoms with Gasteiger partial charge in [-0.1, -0.05) is 0 Å². The lowest BCUT2D eigenvalue weighted by atomic mass is 10.4. The number of nitrogens with zero attached hydrogens (tertiary/aromatic N) is 2. The van der Waals surface area contributed by atoms with Gasteiger partial charge in [-0.25, -0.2) is 4.79 Å². The first-order valence-corrected chi connectivity index (χ1v) is 3.85. The van der Waals surface area contributed by atoms with Crippen LogP contribution in [0.15, 0.2) is 6.07 Å². The summed E-state index contributed by atoms with van der Waals surface area (Å²) in [6.45, 7) is 5.79. The highest BCUT2D eigenvalue weighted by Gasteiger charge is 2.09. The minimum atomic E-state index is -0.414. The first-order valence-electron chi connectivity index (χ1n) is 3.85. The van der Waals surface area contributed by atoms with E-state index in [9.17, 15) is 4.79 Å². The second-order valence-corrected chi connectivity index (χ2v) is 2.54. The fourth-order valence-corrected chi connectivity index (χ4v) is 0.998. The van der Waals surface area contributed by atoms with E-state index in [0.717, 1.165) is 11.4 Å². The van der Waals surface area contributed by atoms with Crippen LogP contribution in [0.3, 0.4) is 0 Å². The number of aryl methyl sites for hydroxylation is 2. The summed E-state index contributed by atoms with van der Waals surface area (Å²) in [6, 6.07) is 1.83. The molecular formula is C8H12N2O2. The van der Waals surface area contributed by atoms with Gasteiger partial charge in [0, 0.05) is 5.69 Å². The number of rotatable bonds is 1. The van der Waals surface area contributed by atoms with Crippen LogP contribution in [0.5, 0.6) is 0 Å². The summed E-state index contributed by atoms with van der Waals surface area (Å²) in [6.07, 6.45) is -0.414. The van der Waals surface area contributed by atoms with E-state index in [1.807, 2.05) is 19.9 Å². The van der Waals surface area contributed by atoms with E-state index in [1.165, 1.54) is 4.68 Å². The smallest absolute Gasteiger partial charge is 0.434 e. The van der Waals surface area contributed by atoms with Crippen molar-refractivity contribution in [2.45, 2.75) is 20.8 Å². The molecule has 1 aromatic heterocycles. The summed E-state index contributed by atoms with van der Waals surface area (Å²) in [7, 11) is 0. The van der Waals surface area contributed by atoms with E-state index < -0.39 is 6.09 Å². The summed E-state index contributed by atoms with van der Waals surface area (Å²) in [5.41, 5.74) is 1.62. The highest BCUT2D eigenvalue weighted by molar-refractivity contribution is 5.70. The molecule has 1 heterocycles. The molecule has 0 saturated carbocycles. The van der Waals surface area contributed by atoms with Crippen LogP contribution in [-0.2, 0) is 4.74 Å². The lowest BCUT2D eigenvalue weighted by molar-refractivity contribution is 0.149. The van der Waals surface area contributed by atoms with E-state index in [2.05, 4.69) is 5.10 Å². The maximum absolute atomic E-state index is 11.2. The maximum atomic E-state index is 11.2. The molecule has 0 aromatic carbocycles. The molecule has 12 heavy (non-hydrogen) atoms. The number of ether oxygens (including phenoxy) is 1. The highest BCUT2D eigenvalue weighted by Crippen LogP contribution is 2.01. The van der Waals surface area contributed by atoms with Crippen LogP contribution in [0, 0.1) is 13.8 Å². The van der Waals surface area contributed by atoms with E-state index in [4.69, 9.17) is 4.74 Å². The quantitative estimate of drug-likeness (QED) is 0.638. The van der Waals surface area contributed by atoms with Crippen molar-refractivity contribution in [1.82, 2.24) is 9.78 Å². The minimum Gasteiger partial charge on any atom is -0.448 e. The fourth-order valence-electron chi connectivity index (χ4n) is 0.998. The van der Waals surface area contributed by atoms with E-state index >= 15 is 0 Å². The molecule has 1 rings (SSSR count). The Morgan fingerprint density at radius 3 is 2.75 bits per heavy atom. The molecule has 1 aromatic rings. The molecule has 0 bridgehead atoms. The zero-order chi connectivity index (χ0) is 9.14. The van der Waals surface area contributed by atoms with Gasteiger partial charge in [-0.2, -0.15) is 9.78 Å². The largest absolute Gasteiger partial charge is 0.448 e. The normalized spacial score (nSPS) is 9.92. The van der Waals surface area contributed by atoms with Crippen LogP contribution in [0.25, 0.3) is 0 Å². The van der Waals surface area contributed by atoms with Crippen LogP contribution >= 0.6 is 0 Å². The second kappa shape index (κ2) is 3.38. The first-order chi connectivity index (χ1) is 5.65. The molecule has 0 aliphatic heterocycles. The molecule has 0 fully saturated rings. The molecule has 0 aliphatic rings. The first kappa shape index (κ1) is 8.77. The van der Waals surface area contributed by atoms with Crippen LogP contribution in [0.1, 0.15) is 18.3 Å². The third kappa shape index (κ3) is 1.64. The second-order valence-electron chi connectivity index (χ2n) is 2.54. The van der Waals surface area contributed by atoms with Crippen molar-refractivity contribution in [3.63, 3.8) is 0 Å². The van der Waals surface area contributed by atoms with Gasteiger partial charge in [-0.05, 0) is 26.8 Å². The minimum absolute atomic E-state index is 0.372. The van der Waals surface area contributed by atoms with Crippen LogP contribution in [0.4, 0.5) is 4.79 Å². The average molecular weight is 168 g/mol. The standard InChI is InChI=1S/C8H12N2O2/c1-4-12-8(11)10-7(3)5-6(2)9-10/h5H,4H2,1-3H3. The van der Waals surface area contributed by atoms with E-state index in [-0.39, 0.29) is 0 Å². The number of aromatic nitrogens is 2. The fraction of sp³-hybridized carbons (Fsp3) is 0.500. The van der Waals surface area contributed by atoms with E-state index in [0.29, 0.717) is 6.61 Å². The van der Waals surface area contributed by atoms with Gasteiger partial charge < -0.3 is 4.74 Å². The Morgan fingerprint density at radius 2 is 2.33 bits per heavy atom. The summed E-state index contributed by atoms with van der Waals surface area (Å²) < 4.78 is 6.05. The predicted molar refractivity (Wildman–Crippen MR) is 44.1 cm³/mol. The SMILES string of the molecule is CCOC(=O)n1nc(C)cc1C. The number of carbonyl (C=O) groups excluding carboxylic acids is 1. The summed E-state index contributed by atoms with van der Waals surface area (Å²) in [5, 5.41) is 3.97. The molecule has 4 heteroatoms. The number of hydrogen-bond acceptors (Lipinski definition) is 3. The topological polar surface area (TPSA) is 44.1 Å². The molecule has 0 spiro atoms. The molecule has 0 aliphatic carbocycles. The van der Waals surface area contributed by atoms with E-state index in [1.54, 1.807) is 6.92 Å². The molecule has 66 valence electrons. The Bertz CT molecular complexity index is 291. The van der Waals surface area contributed by atoms with Gasteiger partial charge in [0.05, 0.1) is 12.3 Å². The van der Waals surface area contributed by atoms with Gasteiger partial charge in [0.2, 0.25) is 0 Å². The number of carbonyl (C=O) groups is 1. The van der Waals surface area contributed by atoms with Crippen LogP contribution in [0.2, 0.25) is 0 Å². The van der Waals surface area contributed by atoms with Crippen molar-refractivity contribution in [3.8, 4) is 0 Å². The highest BCUT2D eigenvalue weighted by atomic mass is 16.5. The van der Waals surface area contributed by atoms with Gasteiger partial charge in [-0.15, -0.1) is 0 Å². The molecular weight excluding hydrogens is 156 g/mol. The van der Waals surface area contributed by atoms with Crippen LogP contribution < -0.4 is 0 Å². The lowest BCUT2D eigenvalue weighted by Gasteiger charge is -2.01. The third-order valence-electron chi connectivity index (χ3n) is 1.45. The molecule has 0 saturated heterocycles. The third-order valence-corrected chi connectivity index (χ3v) is 1.45. The summed E-state index contributed by atoms with van der Waals surface area (Å²) in [5.74, 6) is 0. The van der Waals surface area contributed by atoms with Crippen molar-refractivity contribution in [3.05, 3.63) is 17.5 Å². The summed E-state index contributed by atoms with van der Waals surface area (Å²) >= 11 is 0. The molecule has 4 nitrogen and oxygen atoms in total. The maximum Gasteiger partial charge on any atom is 0.434 e. The summed E-state index contributed by atoms with van der Waals surface area (Å²) in [4.78, 5) is 11.2. The van der Waals surface area contributed by atoms with Crippen molar-refractivity contribution in [2.75, 3.05) is 6.61 Å². The molecule has 0 unspecified atom stereocenters. The molecule has 0 atom stereocenters. The lowest BCUT2D eigenvalue weighted by Crippen LogP contribution is -2.16. The van der Waals surface area contributed by atoms with Crippen LogP contribution in [-0.4, -0.2) is 22.5 Å². The van der Waals surface area contributed by atoms with Crippen molar-refractivity contribution >= 4 is 6.09 Å². The Hall–Kier alpha value is -1.32. The monoisotopic (exact) mass is 168 g/mol. The Labute approximate surface area is 71.1 Å².